The molecule has 3 rings (SSSR count). The summed E-state index contributed by atoms with van der Waals surface area (Å²) in [5.74, 6) is 0.856. The predicted molar refractivity (Wildman–Crippen MR) is 86.0 cm³/mol. The topological polar surface area (TPSA) is 41.3 Å². The van der Waals surface area contributed by atoms with E-state index in [1.807, 2.05) is 31.2 Å². The molecular formula is C15H19Cl2N3O. The Kier molecular flexibility index (Phi) is 5.65. The van der Waals surface area contributed by atoms with E-state index >= 15 is 0 Å². The lowest BCUT2D eigenvalue weighted by atomic mass is 10.0. The quantitative estimate of drug-likeness (QED) is 0.939. The molecule has 0 aliphatic carbocycles. The van der Waals surface area contributed by atoms with Crippen molar-refractivity contribution in [3.05, 3.63) is 52.4 Å². The smallest absolute Gasteiger partial charge is 0.133 e. The minimum atomic E-state index is 0. The summed E-state index contributed by atoms with van der Waals surface area (Å²) in [6.45, 7) is 5.63. The second kappa shape index (κ2) is 7.27. The molecule has 0 amide bonds. The molecule has 0 bridgehead atoms. The van der Waals surface area contributed by atoms with E-state index < -0.39 is 0 Å². The van der Waals surface area contributed by atoms with Gasteiger partial charge in [0.1, 0.15) is 5.76 Å². The zero-order valence-corrected chi connectivity index (χ0v) is 13.5. The summed E-state index contributed by atoms with van der Waals surface area (Å²) >= 11 is 6.11. The standard InChI is InChI=1S/C15H18ClN3O.ClH/c1-11-7-14(18-20-11)10-19-6-5-17-9-15(19)12-3-2-4-13(16)8-12;/h2-4,7-8,15,17H,5-6,9-10H2,1H3;1H. The van der Waals surface area contributed by atoms with Gasteiger partial charge in [0, 0.05) is 43.3 Å². The maximum atomic E-state index is 6.11. The number of rotatable bonds is 3. The van der Waals surface area contributed by atoms with Crippen LogP contribution >= 0.6 is 24.0 Å². The largest absolute Gasteiger partial charge is 0.361 e. The molecule has 0 radical (unpaired) electrons. The van der Waals surface area contributed by atoms with Crippen molar-refractivity contribution in [2.75, 3.05) is 19.6 Å². The van der Waals surface area contributed by atoms with Crippen molar-refractivity contribution in [2.45, 2.75) is 19.5 Å². The number of halogens is 2. The fraction of sp³-hybridized carbons (Fsp3) is 0.400. The average molecular weight is 328 g/mol. The number of benzene rings is 1. The van der Waals surface area contributed by atoms with Crippen molar-refractivity contribution in [2.24, 2.45) is 0 Å². The Labute approximate surface area is 135 Å². The highest BCUT2D eigenvalue weighted by molar-refractivity contribution is 6.30. The van der Waals surface area contributed by atoms with Crippen molar-refractivity contribution in [3.8, 4) is 0 Å². The van der Waals surface area contributed by atoms with Gasteiger partial charge in [-0.1, -0.05) is 28.9 Å². The van der Waals surface area contributed by atoms with Gasteiger partial charge < -0.3 is 9.84 Å². The summed E-state index contributed by atoms with van der Waals surface area (Å²) < 4.78 is 5.15. The molecule has 0 spiro atoms. The van der Waals surface area contributed by atoms with E-state index in [9.17, 15) is 0 Å². The Hall–Kier alpha value is -1.07. The molecule has 1 N–H and O–H groups in total. The molecule has 1 fully saturated rings. The van der Waals surface area contributed by atoms with Crippen LogP contribution in [0.2, 0.25) is 5.02 Å². The van der Waals surface area contributed by atoms with E-state index in [0.29, 0.717) is 6.04 Å². The average Bonchev–Trinajstić information content (AvgIpc) is 2.85. The number of hydrogen-bond acceptors (Lipinski definition) is 4. The second-order valence-corrected chi connectivity index (χ2v) is 5.61. The molecule has 2 heterocycles. The van der Waals surface area contributed by atoms with E-state index in [0.717, 1.165) is 42.7 Å². The van der Waals surface area contributed by atoms with Crippen LogP contribution in [0.4, 0.5) is 0 Å². The Morgan fingerprint density at radius 1 is 1.43 bits per heavy atom. The number of nitrogens with one attached hydrogen (secondary N) is 1. The third kappa shape index (κ3) is 3.98. The molecule has 1 saturated heterocycles. The van der Waals surface area contributed by atoms with Gasteiger partial charge >= 0.3 is 0 Å². The van der Waals surface area contributed by atoms with Gasteiger partial charge in [0.25, 0.3) is 0 Å². The molecule has 6 heteroatoms. The minimum absolute atomic E-state index is 0. The first-order valence-corrected chi connectivity index (χ1v) is 7.22. The van der Waals surface area contributed by atoms with Crippen LogP contribution in [0, 0.1) is 6.92 Å². The Balaban J connectivity index is 0.00000161. The minimum Gasteiger partial charge on any atom is -0.361 e. The second-order valence-electron chi connectivity index (χ2n) is 5.17. The normalized spacial score (nSPS) is 19.2. The Morgan fingerprint density at radius 2 is 2.29 bits per heavy atom. The lowest BCUT2D eigenvalue weighted by Crippen LogP contribution is -2.45. The maximum Gasteiger partial charge on any atom is 0.133 e. The summed E-state index contributed by atoms with van der Waals surface area (Å²) in [5.41, 5.74) is 2.22. The van der Waals surface area contributed by atoms with Gasteiger partial charge in [0.05, 0.1) is 5.69 Å². The predicted octanol–water partition coefficient (Wildman–Crippen LogP) is 3.20. The van der Waals surface area contributed by atoms with Gasteiger partial charge in [-0.15, -0.1) is 12.4 Å². The van der Waals surface area contributed by atoms with Crippen molar-refractivity contribution in [3.63, 3.8) is 0 Å². The highest BCUT2D eigenvalue weighted by Gasteiger charge is 2.24. The molecule has 1 aliphatic rings. The van der Waals surface area contributed by atoms with Crippen molar-refractivity contribution in [1.29, 1.82) is 0 Å². The molecule has 21 heavy (non-hydrogen) atoms. The van der Waals surface area contributed by atoms with E-state index in [1.54, 1.807) is 0 Å². The molecular weight excluding hydrogens is 309 g/mol. The van der Waals surface area contributed by atoms with Crippen molar-refractivity contribution < 1.29 is 4.52 Å². The highest BCUT2D eigenvalue weighted by Crippen LogP contribution is 2.26. The summed E-state index contributed by atoms with van der Waals surface area (Å²) in [6, 6.07) is 10.4. The van der Waals surface area contributed by atoms with Crippen LogP contribution in [0.25, 0.3) is 0 Å². The monoisotopic (exact) mass is 327 g/mol. The van der Waals surface area contributed by atoms with Gasteiger partial charge in [-0.3, -0.25) is 4.90 Å². The SMILES string of the molecule is Cc1cc(CN2CCNCC2c2cccc(Cl)c2)no1.Cl. The molecule has 1 aromatic carbocycles. The van der Waals surface area contributed by atoms with E-state index in [4.69, 9.17) is 16.1 Å². The fourth-order valence-corrected chi connectivity index (χ4v) is 2.88. The molecule has 0 saturated carbocycles. The molecule has 1 atom stereocenters. The molecule has 2 aromatic rings. The number of piperazine rings is 1. The number of aryl methyl sites for hydroxylation is 1. The van der Waals surface area contributed by atoms with Crippen molar-refractivity contribution in [1.82, 2.24) is 15.4 Å². The van der Waals surface area contributed by atoms with E-state index in [2.05, 4.69) is 21.4 Å². The summed E-state index contributed by atoms with van der Waals surface area (Å²) in [7, 11) is 0. The Bertz CT molecular complexity index is 588. The first-order valence-electron chi connectivity index (χ1n) is 6.85. The van der Waals surface area contributed by atoms with Gasteiger partial charge in [-0.2, -0.15) is 0 Å². The summed E-state index contributed by atoms with van der Waals surface area (Å²) in [6.07, 6.45) is 0. The van der Waals surface area contributed by atoms with Gasteiger partial charge in [0.2, 0.25) is 0 Å². The third-order valence-electron chi connectivity index (χ3n) is 3.63. The zero-order chi connectivity index (χ0) is 13.9. The van der Waals surface area contributed by atoms with Crippen LogP contribution in [-0.2, 0) is 6.54 Å². The van der Waals surface area contributed by atoms with Crippen LogP contribution in [0.1, 0.15) is 23.1 Å². The lowest BCUT2D eigenvalue weighted by Gasteiger charge is -2.36. The fourth-order valence-electron chi connectivity index (χ4n) is 2.68. The van der Waals surface area contributed by atoms with E-state index in [-0.39, 0.29) is 12.4 Å². The third-order valence-corrected chi connectivity index (χ3v) is 3.86. The molecule has 4 nitrogen and oxygen atoms in total. The van der Waals surface area contributed by atoms with Gasteiger partial charge in [-0.05, 0) is 24.6 Å². The molecule has 114 valence electrons. The van der Waals surface area contributed by atoms with Crippen LogP contribution in [0.15, 0.2) is 34.9 Å². The first kappa shape index (κ1) is 16.3. The summed E-state index contributed by atoms with van der Waals surface area (Å²) in [5, 5.41) is 8.32. The number of hydrogen-bond donors (Lipinski definition) is 1. The first-order chi connectivity index (χ1) is 9.72. The van der Waals surface area contributed by atoms with Crippen LogP contribution in [0.3, 0.4) is 0 Å². The van der Waals surface area contributed by atoms with Crippen LogP contribution in [-0.4, -0.2) is 29.7 Å². The lowest BCUT2D eigenvalue weighted by molar-refractivity contribution is 0.150. The van der Waals surface area contributed by atoms with E-state index in [1.165, 1.54) is 5.56 Å². The molecule has 1 unspecified atom stereocenters. The van der Waals surface area contributed by atoms with Gasteiger partial charge in [-0.25, -0.2) is 0 Å². The van der Waals surface area contributed by atoms with Gasteiger partial charge in [0.15, 0.2) is 0 Å². The van der Waals surface area contributed by atoms with Crippen molar-refractivity contribution >= 4 is 24.0 Å². The molecule has 1 aromatic heterocycles. The Morgan fingerprint density at radius 3 is 3.00 bits per heavy atom. The maximum absolute atomic E-state index is 6.11. The molecule has 1 aliphatic heterocycles. The summed E-state index contributed by atoms with van der Waals surface area (Å²) in [4.78, 5) is 2.42. The van der Waals surface area contributed by atoms with Crippen LogP contribution < -0.4 is 5.32 Å². The zero-order valence-electron chi connectivity index (χ0n) is 11.9. The number of nitrogens with zero attached hydrogens (tertiary/aromatic N) is 2. The van der Waals surface area contributed by atoms with Crippen LogP contribution in [0.5, 0.6) is 0 Å². The highest BCUT2D eigenvalue weighted by atomic mass is 35.5. The number of aromatic nitrogens is 1.